The van der Waals surface area contributed by atoms with E-state index in [4.69, 9.17) is 0 Å². The minimum absolute atomic E-state index is 0.283. The molecule has 0 saturated heterocycles. The van der Waals surface area contributed by atoms with Gasteiger partial charge in [-0.2, -0.15) is 0 Å². The molecule has 0 radical (unpaired) electrons. The van der Waals surface area contributed by atoms with E-state index >= 15 is 0 Å². The summed E-state index contributed by atoms with van der Waals surface area (Å²) < 4.78 is 13.7. The van der Waals surface area contributed by atoms with E-state index in [1.54, 1.807) is 13.8 Å². The van der Waals surface area contributed by atoms with Crippen molar-refractivity contribution in [3.8, 4) is 0 Å². The Bertz CT molecular complexity index is 623. The van der Waals surface area contributed by atoms with E-state index < -0.39 is 40.9 Å². The molecular weight excluding hydrogens is 299 g/mol. The summed E-state index contributed by atoms with van der Waals surface area (Å²) in [6, 6.07) is 0. The number of alkyl halides is 1. The summed E-state index contributed by atoms with van der Waals surface area (Å²) in [5, 5.41) is 44.1. The molecule has 1 fully saturated rings. The van der Waals surface area contributed by atoms with Gasteiger partial charge in [-0.15, -0.1) is 0 Å². The summed E-state index contributed by atoms with van der Waals surface area (Å²) in [6.45, 7) is 7.46. The lowest BCUT2D eigenvalue weighted by Gasteiger charge is -2.51. The molecule has 5 heteroatoms. The van der Waals surface area contributed by atoms with Crippen LogP contribution in [0.5, 0.6) is 0 Å². The van der Waals surface area contributed by atoms with E-state index in [1.807, 2.05) is 13.8 Å². The SMILES string of the molecule is CC(C)=C1C2=C(C(O)C(C)(CF)C2O)C(C)(O)C2(CC2)C1(C)O. The van der Waals surface area contributed by atoms with Crippen molar-refractivity contribution in [1.82, 2.24) is 0 Å². The highest BCUT2D eigenvalue weighted by molar-refractivity contribution is 5.61. The molecule has 130 valence electrons. The van der Waals surface area contributed by atoms with Gasteiger partial charge in [0.1, 0.15) is 6.67 Å². The molecule has 0 amide bonds. The zero-order valence-corrected chi connectivity index (χ0v) is 14.4. The molecule has 5 unspecified atom stereocenters. The molecule has 0 aromatic rings. The molecule has 3 aliphatic rings. The Labute approximate surface area is 136 Å². The molecule has 0 aromatic heterocycles. The fourth-order valence-electron chi connectivity index (χ4n) is 5.14. The van der Waals surface area contributed by atoms with Gasteiger partial charge in [-0.25, -0.2) is 0 Å². The first kappa shape index (κ1) is 17.1. The maximum Gasteiger partial charge on any atom is 0.100 e. The summed E-state index contributed by atoms with van der Waals surface area (Å²) in [6.07, 6.45) is -1.31. The maximum absolute atomic E-state index is 13.7. The summed E-state index contributed by atoms with van der Waals surface area (Å²) in [5.41, 5.74) is -3.08. The molecule has 3 rings (SSSR count). The summed E-state index contributed by atoms with van der Waals surface area (Å²) in [4.78, 5) is 0. The number of halogens is 1. The van der Waals surface area contributed by atoms with Gasteiger partial charge in [0.2, 0.25) is 0 Å². The minimum atomic E-state index is -1.49. The van der Waals surface area contributed by atoms with Crippen LogP contribution in [0.3, 0.4) is 0 Å². The standard InChI is InChI=1S/C18H27FO4/c1-9(2)11-10-12(14(21)15(3,8-19)13(10)20)17(5,23)18(6-7-18)16(11,4)22/h13-14,20-23H,6-8H2,1-5H3. The highest BCUT2D eigenvalue weighted by atomic mass is 19.1. The van der Waals surface area contributed by atoms with E-state index in [-0.39, 0.29) is 5.57 Å². The van der Waals surface area contributed by atoms with Gasteiger partial charge in [0, 0.05) is 5.41 Å². The second-order valence-corrected chi connectivity index (χ2v) is 8.37. The number of hydrogen-bond acceptors (Lipinski definition) is 4. The van der Waals surface area contributed by atoms with Crippen LogP contribution in [0.25, 0.3) is 0 Å². The molecule has 0 bridgehead atoms. The van der Waals surface area contributed by atoms with Crippen molar-refractivity contribution in [2.24, 2.45) is 10.8 Å². The minimum Gasteiger partial charge on any atom is -0.388 e. The quantitative estimate of drug-likeness (QED) is 0.590. The first-order chi connectivity index (χ1) is 10.4. The second-order valence-electron chi connectivity index (χ2n) is 8.37. The van der Waals surface area contributed by atoms with Gasteiger partial charge in [-0.1, -0.05) is 12.5 Å². The first-order valence-corrected chi connectivity index (χ1v) is 8.20. The van der Waals surface area contributed by atoms with Crippen molar-refractivity contribution >= 4 is 0 Å². The zero-order chi connectivity index (χ0) is 17.6. The summed E-state index contributed by atoms with van der Waals surface area (Å²) >= 11 is 0. The molecule has 23 heavy (non-hydrogen) atoms. The van der Waals surface area contributed by atoms with Gasteiger partial charge in [0.25, 0.3) is 0 Å². The molecule has 1 spiro atoms. The molecular formula is C18H27FO4. The Morgan fingerprint density at radius 1 is 1.04 bits per heavy atom. The van der Waals surface area contributed by atoms with Crippen LogP contribution in [0.15, 0.2) is 22.3 Å². The van der Waals surface area contributed by atoms with Crippen molar-refractivity contribution in [1.29, 1.82) is 0 Å². The van der Waals surface area contributed by atoms with Gasteiger partial charge in [-0.3, -0.25) is 4.39 Å². The molecule has 1 saturated carbocycles. The average molecular weight is 326 g/mol. The van der Waals surface area contributed by atoms with Crippen LogP contribution in [0.1, 0.15) is 47.5 Å². The number of hydrogen-bond donors (Lipinski definition) is 4. The lowest BCUT2D eigenvalue weighted by Crippen LogP contribution is -2.58. The zero-order valence-electron chi connectivity index (χ0n) is 14.4. The molecule has 5 atom stereocenters. The largest absolute Gasteiger partial charge is 0.388 e. The smallest absolute Gasteiger partial charge is 0.100 e. The second kappa shape index (κ2) is 4.45. The molecule has 0 heterocycles. The summed E-state index contributed by atoms with van der Waals surface area (Å²) in [7, 11) is 0. The topological polar surface area (TPSA) is 80.9 Å². The van der Waals surface area contributed by atoms with Gasteiger partial charge >= 0.3 is 0 Å². The van der Waals surface area contributed by atoms with E-state index in [2.05, 4.69) is 0 Å². The van der Waals surface area contributed by atoms with Crippen LogP contribution in [-0.4, -0.2) is 50.5 Å². The Balaban J connectivity index is 2.36. The maximum atomic E-state index is 13.7. The van der Waals surface area contributed by atoms with Gasteiger partial charge in [0.05, 0.1) is 28.8 Å². The van der Waals surface area contributed by atoms with Crippen LogP contribution in [-0.2, 0) is 0 Å². The fourth-order valence-corrected chi connectivity index (χ4v) is 5.14. The Morgan fingerprint density at radius 2 is 1.57 bits per heavy atom. The average Bonchev–Trinajstić information content (AvgIpc) is 3.21. The van der Waals surface area contributed by atoms with E-state index in [9.17, 15) is 24.8 Å². The van der Waals surface area contributed by atoms with Gasteiger partial charge < -0.3 is 20.4 Å². The van der Waals surface area contributed by atoms with Crippen molar-refractivity contribution in [3.05, 3.63) is 22.3 Å². The van der Waals surface area contributed by atoms with E-state index in [1.165, 1.54) is 6.92 Å². The number of rotatable bonds is 1. The van der Waals surface area contributed by atoms with Crippen LogP contribution in [0.4, 0.5) is 4.39 Å². The lowest BCUT2D eigenvalue weighted by atomic mass is 9.59. The Kier molecular flexibility index (Phi) is 3.31. The predicted octanol–water partition coefficient (Wildman–Crippen LogP) is 1.63. The van der Waals surface area contributed by atoms with Gasteiger partial charge in [0.15, 0.2) is 0 Å². The van der Waals surface area contributed by atoms with Crippen LogP contribution < -0.4 is 0 Å². The van der Waals surface area contributed by atoms with Crippen LogP contribution in [0.2, 0.25) is 0 Å². The van der Waals surface area contributed by atoms with Crippen molar-refractivity contribution in [2.45, 2.75) is 70.9 Å². The monoisotopic (exact) mass is 326 g/mol. The van der Waals surface area contributed by atoms with Crippen molar-refractivity contribution in [2.75, 3.05) is 6.67 Å². The molecule has 0 aliphatic heterocycles. The third-order valence-electron chi connectivity index (χ3n) is 6.77. The lowest BCUT2D eigenvalue weighted by molar-refractivity contribution is -0.106. The molecule has 4 N–H and O–H groups in total. The normalized spacial score (nSPS) is 48.0. The van der Waals surface area contributed by atoms with Gasteiger partial charge in [-0.05, 0) is 57.3 Å². The van der Waals surface area contributed by atoms with Crippen LogP contribution >= 0.6 is 0 Å². The van der Waals surface area contributed by atoms with E-state index in [0.717, 1.165) is 5.57 Å². The van der Waals surface area contributed by atoms with Crippen LogP contribution in [0, 0.1) is 10.8 Å². The highest BCUT2D eigenvalue weighted by Crippen LogP contribution is 2.71. The van der Waals surface area contributed by atoms with Crippen molar-refractivity contribution < 1.29 is 24.8 Å². The highest BCUT2D eigenvalue weighted by Gasteiger charge is 2.75. The van der Waals surface area contributed by atoms with Crippen molar-refractivity contribution in [3.63, 3.8) is 0 Å². The Hall–Kier alpha value is -0.750. The third kappa shape index (κ3) is 1.64. The van der Waals surface area contributed by atoms with E-state index in [0.29, 0.717) is 24.0 Å². The fraction of sp³-hybridized carbons (Fsp3) is 0.778. The number of aliphatic hydroxyl groups excluding tert-OH is 2. The third-order valence-corrected chi connectivity index (χ3v) is 6.77. The molecule has 4 nitrogen and oxygen atoms in total. The number of aliphatic hydroxyl groups is 4. The molecule has 0 aromatic carbocycles. The Morgan fingerprint density at radius 3 is 1.96 bits per heavy atom. The predicted molar refractivity (Wildman–Crippen MR) is 84.4 cm³/mol. The number of allylic oxidation sites excluding steroid dienone is 1. The molecule has 3 aliphatic carbocycles. The first-order valence-electron chi connectivity index (χ1n) is 8.20. The summed E-state index contributed by atoms with van der Waals surface area (Å²) in [5.74, 6) is 0.